The number of thioether (sulfide) groups is 1. The number of benzene rings is 2. The van der Waals surface area contributed by atoms with Gasteiger partial charge in [0, 0.05) is 10.5 Å². The molecule has 0 atom stereocenters. The second-order valence-electron chi connectivity index (χ2n) is 5.01. The zero-order valence-corrected chi connectivity index (χ0v) is 14.6. The molecule has 0 unspecified atom stereocenters. The Morgan fingerprint density at radius 1 is 1.16 bits per heavy atom. The van der Waals surface area contributed by atoms with Crippen LogP contribution in [0.4, 0.5) is 0 Å². The van der Waals surface area contributed by atoms with Crippen LogP contribution in [0.15, 0.2) is 57.8 Å². The molecule has 0 aliphatic heterocycles. The normalized spacial score (nSPS) is 10.5. The van der Waals surface area contributed by atoms with Gasteiger partial charge in [-0.1, -0.05) is 18.2 Å². The predicted octanol–water partition coefficient (Wildman–Crippen LogP) is 3.82. The molecule has 0 saturated carbocycles. The summed E-state index contributed by atoms with van der Waals surface area (Å²) in [6.45, 7) is -0.105. The fourth-order valence-corrected chi connectivity index (χ4v) is 2.61. The summed E-state index contributed by atoms with van der Waals surface area (Å²) >= 11 is 1.56. The topological polar surface area (TPSA) is 74.5 Å². The minimum atomic E-state index is -0.510. The summed E-state index contributed by atoms with van der Waals surface area (Å²) in [7, 11) is 1.51. The average molecular weight is 356 g/mol. The molecule has 1 heterocycles. The van der Waals surface area contributed by atoms with Gasteiger partial charge in [-0.15, -0.1) is 22.0 Å². The van der Waals surface area contributed by atoms with E-state index < -0.39 is 5.97 Å². The molecule has 1 aromatic heterocycles. The van der Waals surface area contributed by atoms with Gasteiger partial charge in [0.15, 0.2) is 6.61 Å². The zero-order chi connectivity index (χ0) is 17.6. The molecular formula is C18H16N2O4S. The van der Waals surface area contributed by atoms with Gasteiger partial charge in [-0.3, -0.25) is 0 Å². The molecule has 0 radical (unpaired) electrons. The molecule has 3 aromatic rings. The highest BCUT2D eigenvalue weighted by Crippen LogP contribution is 2.26. The van der Waals surface area contributed by atoms with Gasteiger partial charge in [-0.05, 0) is 36.6 Å². The molecule has 0 bridgehead atoms. The first-order chi connectivity index (χ1) is 12.2. The molecule has 2 aromatic carbocycles. The van der Waals surface area contributed by atoms with Crippen molar-refractivity contribution in [3.8, 4) is 17.2 Å². The lowest BCUT2D eigenvalue weighted by Crippen LogP contribution is -2.07. The van der Waals surface area contributed by atoms with E-state index in [2.05, 4.69) is 10.2 Å². The third-order valence-corrected chi connectivity index (χ3v) is 4.17. The van der Waals surface area contributed by atoms with Crippen molar-refractivity contribution >= 4 is 17.7 Å². The van der Waals surface area contributed by atoms with Crippen molar-refractivity contribution in [2.45, 2.75) is 11.5 Å². The largest absolute Gasteiger partial charge is 0.496 e. The summed E-state index contributed by atoms with van der Waals surface area (Å²) in [6.07, 6.45) is 1.95. The Labute approximate surface area is 149 Å². The van der Waals surface area contributed by atoms with Crippen LogP contribution in [0.3, 0.4) is 0 Å². The van der Waals surface area contributed by atoms with Gasteiger partial charge in [-0.25, -0.2) is 4.79 Å². The first-order valence-corrected chi connectivity index (χ1v) is 8.70. The predicted molar refractivity (Wildman–Crippen MR) is 93.6 cm³/mol. The number of esters is 1. The van der Waals surface area contributed by atoms with E-state index in [0.29, 0.717) is 17.2 Å². The first kappa shape index (κ1) is 17.0. The molecular weight excluding hydrogens is 340 g/mol. The average Bonchev–Trinajstić information content (AvgIpc) is 3.15. The van der Waals surface area contributed by atoms with E-state index in [1.54, 1.807) is 23.9 Å². The van der Waals surface area contributed by atoms with E-state index in [4.69, 9.17) is 13.9 Å². The van der Waals surface area contributed by atoms with Crippen LogP contribution in [0, 0.1) is 0 Å². The molecule has 0 aliphatic rings. The lowest BCUT2D eigenvalue weighted by molar-refractivity contribution is 0.0435. The second kappa shape index (κ2) is 7.85. The summed E-state index contributed by atoms with van der Waals surface area (Å²) in [5.41, 5.74) is 1.16. The summed E-state index contributed by atoms with van der Waals surface area (Å²) < 4.78 is 16.0. The molecule has 0 fully saturated rings. The van der Waals surface area contributed by atoms with E-state index in [1.165, 1.54) is 7.11 Å². The maximum atomic E-state index is 12.3. The van der Waals surface area contributed by atoms with E-state index in [-0.39, 0.29) is 12.5 Å². The van der Waals surface area contributed by atoms with Gasteiger partial charge in [-0.2, -0.15) is 0 Å². The third kappa shape index (κ3) is 4.00. The molecule has 0 saturated heterocycles. The van der Waals surface area contributed by atoms with Gasteiger partial charge < -0.3 is 13.9 Å². The summed E-state index contributed by atoms with van der Waals surface area (Å²) in [6, 6.07) is 14.7. The number of methoxy groups -OCH3 is 1. The highest BCUT2D eigenvalue weighted by Gasteiger charge is 2.16. The quantitative estimate of drug-likeness (QED) is 0.491. The van der Waals surface area contributed by atoms with Gasteiger partial charge in [0.25, 0.3) is 5.89 Å². The van der Waals surface area contributed by atoms with Crippen LogP contribution in [0.1, 0.15) is 16.2 Å². The number of hydrogen-bond donors (Lipinski definition) is 0. The highest BCUT2D eigenvalue weighted by atomic mass is 32.2. The van der Waals surface area contributed by atoms with E-state index in [1.807, 2.05) is 42.7 Å². The lowest BCUT2D eigenvalue weighted by Gasteiger charge is -2.09. The van der Waals surface area contributed by atoms with Crippen LogP contribution in [0.25, 0.3) is 11.5 Å². The number of aromatic nitrogens is 2. The second-order valence-corrected chi connectivity index (χ2v) is 5.89. The minimum absolute atomic E-state index is 0.105. The molecule has 7 heteroatoms. The summed E-state index contributed by atoms with van der Waals surface area (Å²) in [5, 5.41) is 7.86. The monoisotopic (exact) mass is 356 g/mol. The van der Waals surface area contributed by atoms with Crippen molar-refractivity contribution in [1.29, 1.82) is 0 Å². The van der Waals surface area contributed by atoms with Gasteiger partial charge in [0.2, 0.25) is 5.89 Å². The zero-order valence-electron chi connectivity index (χ0n) is 13.8. The molecule has 0 N–H and O–H groups in total. The van der Waals surface area contributed by atoms with Crippen molar-refractivity contribution in [3.05, 3.63) is 60.0 Å². The van der Waals surface area contributed by atoms with Crippen LogP contribution in [0.5, 0.6) is 5.75 Å². The molecule has 25 heavy (non-hydrogen) atoms. The van der Waals surface area contributed by atoms with Gasteiger partial charge in [0.1, 0.15) is 11.3 Å². The smallest absolute Gasteiger partial charge is 0.342 e. The molecule has 128 valence electrons. The van der Waals surface area contributed by atoms with Crippen LogP contribution < -0.4 is 4.74 Å². The Morgan fingerprint density at radius 3 is 2.68 bits per heavy atom. The first-order valence-electron chi connectivity index (χ1n) is 7.48. The summed E-state index contributed by atoms with van der Waals surface area (Å²) in [4.78, 5) is 13.3. The van der Waals surface area contributed by atoms with Crippen LogP contribution in [0.2, 0.25) is 0 Å². The Morgan fingerprint density at radius 2 is 1.96 bits per heavy atom. The van der Waals surface area contributed by atoms with Gasteiger partial charge in [0.05, 0.1) is 7.11 Å². The van der Waals surface area contributed by atoms with Crippen LogP contribution >= 0.6 is 11.8 Å². The fraction of sp³-hybridized carbons (Fsp3) is 0.167. The molecule has 0 amide bonds. The van der Waals surface area contributed by atoms with E-state index in [9.17, 15) is 4.79 Å². The van der Waals surface area contributed by atoms with Crippen molar-refractivity contribution in [2.24, 2.45) is 0 Å². The van der Waals surface area contributed by atoms with Crippen LogP contribution in [-0.2, 0) is 11.3 Å². The SMILES string of the molecule is COc1cc(SC)ccc1C(=O)OCc1nnc(-c2ccccc2)o1. The Kier molecular flexibility index (Phi) is 5.35. The minimum Gasteiger partial charge on any atom is -0.496 e. The maximum Gasteiger partial charge on any atom is 0.342 e. The number of ether oxygens (including phenoxy) is 2. The number of rotatable bonds is 6. The Bertz CT molecular complexity index is 865. The maximum absolute atomic E-state index is 12.3. The van der Waals surface area contributed by atoms with Crippen molar-refractivity contribution in [2.75, 3.05) is 13.4 Å². The highest BCUT2D eigenvalue weighted by molar-refractivity contribution is 7.98. The molecule has 3 rings (SSSR count). The van der Waals surface area contributed by atoms with Gasteiger partial charge >= 0.3 is 5.97 Å². The van der Waals surface area contributed by atoms with Crippen molar-refractivity contribution in [1.82, 2.24) is 10.2 Å². The fourth-order valence-electron chi connectivity index (χ4n) is 2.18. The number of carbonyl (C=O) groups is 1. The van der Waals surface area contributed by atoms with Crippen LogP contribution in [-0.4, -0.2) is 29.5 Å². The third-order valence-electron chi connectivity index (χ3n) is 3.44. The molecule has 0 aliphatic carbocycles. The van der Waals surface area contributed by atoms with E-state index in [0.717, 1.165) is 10.5 Å². The van der Waals surface area contributed by atoms with E-state index >= 15 is 0 Å². The standard InChI is InChI=1S/C18H16N2O4S/c1-22-15-10-13(25-2)8-9-14(15)18(21)23-11-16-19-20-17(24-16)12-6-4-3-5-7-12/h3-10H,11H2,1-2H3. The molecule has 0 spiro atoms. The lowest BCUT2D eigenvalue weighted by atomic mass is 10.2. The Hall–Kier alpha value is -2.80. The summed E-state index contributed by atoms with van der Waals surface area (Å²) in [5.74, 6) is 0.566. The number of nitrogens with zero attached hydrogens (tertiary/aromatic N) is 2. The molecule has 6 nitrogen and oxygen atoms in total. The number of hydrogen-bond acceptors (Lipinski definition) is 7. The van der Waals surface area contributed by atoms with Crippen molar-refractivity contribution < 1.29 is 18.7 Å². The van der Waals surface area contributed by atoms with Crippen molar-refractivity contribution in [3.63, 3.8) is 0 Å². The Balaban J connectivity index is 1.68. The number of carbonyl (C=O) groups excluding carboxylic acids is 1.